The molecule has 0 fully saturated rings. The van der Waals surface area contributed by atoms with E-state index in [9.17, 15) is 4.79 Å². The number of thiocarbonyl (C=S) groups is 1. The van der Waals surface area contributed by atoms with Gasteiger partial charge in [0.15, 0.2) is 5.11 Å². The summed E-state index contributed by atoms with van der Waals surface area (Å²) in [6, 6.07) is 12.7. The van der Waals surface area contributed by atoms with Crippen molar-refractivity contribution in [1.29, 1.82) is 0 Å². The SMILES string of the molecule is Cc1cccc(NC(=S)NC(=O)/C=C/c2ccc(Cl)cc2Cl)c1. The largest absolute Gasteiger partial charge is 0.332 e. The molecule has 0 radical (unpaired) electrons. The lowest BCUT2D eigenvalue weighted by Crippen LogP contribution is -2.32. The van der Waals surface area contributed by atoms with Gasteiger partial charge in [0.2, 0.25) is 5.91 Å². The number of amides is 1. The minimum absolute atomic E-state index is 0.229. The van der Waals surface area contributed by atoms with Crippen LogP contribution in [0.3, 0.4) is 0 Å². The van der Waals surface area contributed by atoms with E-state index in [1.165, 1.54) is 6.08 Å². The molecule has 2 N–H and O–H groups in total. The van der Waals surface area contributed by atoms with E-state index >= 15 is 0 Å². The van der Waals surface area contributed by atoms with Gasteiger partial charge in [-0.15, -0.1) is 0 Å². The minimum Gasteiger partial charge on any atom is -0.332 e. The normalized spacial score (nSPS) is 10.6. The van der Waals surface area contributed by atoms with Crippen molar-refractivity contribution in [2.75, 3.05) is 5.32 Å². The van der Waals surface area contributed by atoms with Gasteiger partial charge >= 0.3 is 0 Å². The summed E-state index contributed by atoms with van der Waals surface area (Å²) in [5.74, 6) is -0.346. The Bertz CT molecular complexity index is 775. The lowest BCUT2D eigenvalue weighted by atomic mass is 10.2. The molecule has 0 aromatic heterocycles. The van der Waals surface area contributed by atoms with Gasteiger partial charge in [-0.2, -0.15) is 0 Å². The highest BCUT2D eigenvalue weighted by molar-refractivity contribution is 7.80. The first-order valence-corrected chi connectivity index (χ1v) is 7.92. The summed E-state index contributed by atoms with van der Waals surface area (Å²) in [6.45, 7) is 1.98. The predicted octanol–water partition coefficient (Wildman–Crippen LogP) is 4.83. The van der Waals surface area contributed by atoms with Gasteiger partial charge in [0.25, 0.3) is 0 Å². The third-order valence-electron chi connectivity index (χ3n) is 2.89. The molecule has 2 aromatic carbocycles. The first-order chi connectivity index (χ1) is 10.9. The summed E-state index contributed by atoms with van der Waals surface area (Å²) in [7, 11) is 0. The zero-order chi connectivity index (χ0) is 16.8. The lowest BCUT2D eigenvalue weighted by molar-refractivity contribution is -0.115. The molecule has 2 rings (SSSR count). The van der Waals surface area contributed by atoms with Crippen LogP contribution in [-0.2, 0) is 4.79 Å². The molecule has 0 aliphatic carbocycles. The minimum atomic E-state index is -0.346. The zero-order valence-electron chi connectivity index (χ0n) is 12.3. The number of nitrogens with one attached hydrogen (secondary N) is 2. The maximum absolute atomic E-state index is 11.9. The van der Waals surface area contributed by atoms with E-state index in [0.717, 1.165) is 11.3 Å². The van der Waals surface area contributed by atoms with Crippen molar-refractivity contribution in [3.63, 3.8) is 0 Å². The second kappa shape index (κ2) is 8.11. The third-order valence-corrected chi connectivity index (χ3v) is 3.66. The van der Waals surface area contributed by atoms with Crippen LogP contribution in [0.1, 0.15) is 11.1 Å². The van der Waals surface area contributed by atoms with E-state index in [0.29, 0.717) is 15.6 Å². The van der Waals surface area contributed by atoms with E-state index in [-0.39, 0.29) is 11.0 Å². The van der Waals surface area contributed by atoms with Crippen LogP contribution in [0.25, 0.3) is 6.08 Å². The van der Waals surface area contributed by atoms with E-state index < -0.39 is 0 Å². The van der Waals surface area contributed by atoms with Gasteiger partial charge in [0.1, 0.15) is 0 Å². The number of hydrogen-bond donors (Lipinski definition) is 2. The van der Waals surface area contributed by atoms with E-state index in [1.54, 1.807) is 24.3 Å². The van der Waals surface area contributed by atoms with E-state index in [4.69, 9.17) is 35.4 Å². The van der Waals surface area contributed by atoms with E-state index in [2.05, 4.69) is 10.6 Å². The van der Waals surface area contributed by atoms with Crippen molar-refractivity contribution in [3.05, 3.63) is 69.7 Å². The molecule has 3 nitrogen and oxygen atoms in total. The van der Waals surface area contributed by atoms with Crippen LogP contribution in [0, 0.1) is 6.92 Å². The fraction of sp³-hybridized carbons (Fsp3) is 0.0588. The van der Waals surface area contributed by atoms with Crippen LogP contribution in [-0.4, -0.2) is 11.0 Å². The van der Waals surface area contributed by atoms with Crippen molar-refractivity contribution in [3.8, 4) is 0 Å². The topological polar surface area (TPSA) is 41.1 Å². The number of hydrogen-bond acceptors (Lipinski definition) is 2. The Hall–Kier alpha value is -1.88. The molecular formula is C17H14Cl2N2OS. The number of carbonyl (C=O) groups excluding carboxylic acids is 1. The molecule has 0 aliphatic rings. The van der Waals surface area contributed by atoms with Gasteiger partial charge in [0.05, 0.1) is 0 Å². The standard InChI is InChI=1S/C17H14Cl2N2OS/c1-11-3-2-4-14(9-11)20-17(23)21-16(22)8-6-12-5-7-13(18)10-15(12)19/h2-10H,1H3,(H2,20,21,22,23)/b8-6+. The highest BCUT2D eigenvalue weighted by atomic mass is 35.5. The molecular weight excluding hydrogens is 351 g/mol. The Balaban J connectivity index is 1.93. The highest BCUT2D eigenvalue weighted by Gasteiger charge is 2.03. The van der Waals surface area contributed by atoms with Crippen LogP contribution in [0.2, 0.25) is 10.0 Å². The number of benzene rings is 2. The van der Waals surface area contributed by atoms with E-state index in [1.807, 2.05) is 31.2 Å². The molecule has 0 saturated carbocycles. The van der Waals surface area contributed by atoms with Crippen molar-refractivity contribution in [1.82, 2.24) is 5.32 Å². The molecule has 0 bridgehead atoms. The summed E-state index contributed by atoms with van der Waals surface area (Å²) in [4.78, 5) is 11.9. The molecule has 23 heavy (non-hydrogen) atoms. The maximum atomic E-state index is 11.9. The van der Waals surface area contributed by atoms with Gasteiger partial charge in [-0.25, -0.2) is 0 Å². The Morgan fingerprint density at radius 3 is 2.65 bits per heavy atom. The fourth-order valence-electron chi connectivity index (χ4n) is 1.84. The molecule has 0 saturated heterocycles. The molecule has 0 heterocycles. The summed E-state index contributed by atoms with van der Waals surface area (Å²) >= 11 is 17.0. The average Bonchev–Trinajstić information content (AvgIpc) is 2.46. The molecule has 0 spiro atoms. The summed E-state index contributed by atoms with van der Waals surface area (Å²) in [5, 5.41) is 6.77. The second-order valence-electron chi connectivity index (χ2n) is 4.81. The molecule has 0 unspecified atom stereocenters. The number of halogens is 2. The van der Waals surface area contributed by atoms with Gasteiger partial charge in [-0.1, -0.05) is 41.4 Å². The van der Waals surface area contributed by atoms with Crippen LogP contribution in [0.5, 0.6) is 0 Å². The Morgan fingerprint density at radius 2 is 1.96 bits per heavy atom. The van der Waals surface area contributed by atoms with Crippen molar-refractivity contribution in [2.24, 2.45) is 0 Å². The van der Waals surface area contributed by atoms with Crippen molar-refractivity contribution < 1.29 is 4.79 Å². The van der Waals surface area contributed by atoms with Crippen LogP contribution in [0.15, 0.2) is 48.5 Å². The van der Waals surface area contributed by atoms with Crippen LogP contribution >= 0.6 is 35.4 Å². The molecule has 0 atom stereocenters. The quantitative estimate of drug-likeness (QED) is 0.605. The Morgan fingerprint density at radius 1 is 1.17 bits per heavy atom. The van der Waals surface area contributed by atoms with Crippen LogP contribution < -0.4 is 10.6 Å². The second-order valence-corrected chi connectivity index (χ2v) is 6.06. The van der Waals surface area contributed by atoms with Gasteiger partial charge in [-0.3, -0.25) is 10.1 Å². The van der Waals surface area contributed by atoms with Crippen molar-refractivity contribution >= 4 is 58.2 Å². The Labute approximate surface area is 150 Å². The monoisotopic (exact) mass is 364 g/mol. The Kier molecular flexibility index (Phi) is 6.16. The fourth-order valence-corrected chi connectivity index (χ4v) is 2.53. The molecule has 0 aliphatic heterocycles. The maximum Gasteiger partial charge on any atom is 0.250 e. The van der Waals surface area contributed by atoms with Crippen molar-refractivity contribution in [2.45, 2.75) is 6.92 Å². The average molecular weight is 365 g/mol. The summed E-state index contributed by atoms with van der Waals surface area (Å²) < 4.78 is 0. The molecule has 6 heteroatoms. The predicted molar refractivity (Wildman–Crippen MR) is 101 cm³/mol. The zero-order valence-corrected chi connectivity index (χ0v) is 14.6. The lowest BCUT2D eigenvalue weighted by Gasteiger charge is -2.08. The summed E-state index contributed by atoms with van der Waals surface area (Å²) in [5.41, 5.74) is 2.62. The number of rotatable bonds is 3. The number of aryl methyl sites for hydroxylation is 1. The molecule has 2 aromatic rings. The van der Waals surface area contributed by atoms with Crippen LogP contribution in [0.4, 0.5) is 5.69 Å². The number of carbonyl (C=O) groups is 1. The first-order valence-electron chi connectivity index (χ1n) is 6.76. The molecule has 118 valence electrons. The first kappa shape index (κ1) is 17.5. The number of anilines is 1. The third kappa shape index (κ3) is 5.67. The molecule has 1 amide bonds. The van der Waals surface area contributed by atoms with Gasteiger partial charge < -0.3 is 5.32 Å². The van der Waals surface area contributed by atoms with Gasteiger partial charge in [0, 0.05) is 21.8 Å². The highest BCUT2D eigenvalue weighted by Crippen LogP contribution is 2.21. The smallest absolute Gasteiger partial charge is 0.250 e. The summed E-state index contributed by atoms with van der Waals surface area (Å²) in [6.07, 6.45) is 2.96. The van der Waals surface area contributed by atoms with Gasteiger partial charge in [-0.05, 0) is 60.6 Å².